The summed E-state index contributed by atoms with van der Waals surface area (Å²) < 4.78 is 1.07. The second-order valence-corrected chi connectivity index (χ2v) is 4.92. The zero-order valence-electron chi connectivity index (χ0n) is 9.59. The molecule has 3 nitrogen and oxygen atoms in total. The fourth-order valence-electron chi connectivity index (χ4n) is 1.40. The zero-order chi connectivity index (χ0) is 12.0. The minimum Gasteiger partial charge on any atom is -0.350 e. The lowest BCUT2D eigenvalue weighted by molar-refractivity contribution is 0.0950. The van der Waals surface area contributed by atoms with Gasteiger partial charge >= 0.3 is 0 Å². The lowest BCUT2D eigenvalue weighted by atomic mass is 10.2. The van der Waals surface area contributed by atoms with Gasteiger partial charge in [0, 0.05) is 21.7 Å². The van der Waals surface area contributed by atoms with E-state index in [1.54, 1.807) is 0 Å². The summed E-state index contributed by atoms with van der Waals surface area (Å²) in [6, 6.07) is 7.88. The third-order valence-corrected chi connectivity index (χ3v) is 2.88. The molecule has 0 aliphatic carbocycles. The summed E-state index contributed by atoms with van der Waals surface area (Å²) in [5, 5.41) is 6.15. The number of rotatable bonds is 5. The summed E-state index contributed by atoms with van der Waals surface area (Å²) in [5.74, 6) is -0.0109. The summed E-state index contributed by atoms with van der Waals surface area (Å²) in [4.78, 5) is 11.8. The van der Waals surface area contributed by atoms with Gasteiger partial charge in [-0.25, -0.2) is 0 Å². The lowest BCUT2D eigenvalue weighted by Crippen LogP contribution is -2.38. The molecule has 1 rings (SSSR count). The van der Waals surface area contributed by atoms with Crippen LogP contribution in [0.5, 0.6) is 0 Å². The second-order valence-electron chi connectivity index (χ2n) is 3.68. The largest absolute Gasteiger partial charge is 0.350 e. The van der Waals surface area contributed by atoms with Crippen LogP contribution in [0.25, 0.3) is 0 Å². The average molecular weight is 332 g/mol. The molecule has 0 saturated heterocycles. The average Bonchev–Trinajstić information content (AvgIpc) is 2.26. The van der Waals surface area contributed by atoms with Crippen LogP contribution in [0, 0.1) is 3.57 Å². The molecular weight excluding hydrogens is 315 g/mol. The van der Waals surface area contributed by atoms with Crippen molar-refractivity contribution < 1.29 is 4.79 Å². The topological polar surface area (TPSA) is 41.1 Å². The van der Waals surface area contributed by atoms with Crippen molar-refractivity contribution in [2.75, 3.05) is 13.1 Å². The van der Waals surface area contributed by atoms with Crippen molar-refractivity contribution in [2.45, 2.75) is 19.9 Å². The van der Waals surface area contributed by atoms with Gasteiger partial charge in [0.2, 0.25) is 0 Å². The van der Waals surface area contributed by atoms with Crippen molar-refractivity contribution >= 4 is 28.5 Å². The summed E-state index contributed by atoms with van der Waals surface area (Å²) in [6.07, 6.45) is 0. The Hall–Kier alpha value is -0.620. The second kappa shape index (κ2) is 6.85. The molecule has 1 aromatic carbocycles. The Bertz CT molecular complexity index is 355. The molecule has 0 bridgehead atoms. The molecule has 0 aliphatic rings. The van der Waals surface area contributed by atoms with E-state index in [9.17, 15) is 4.79 Å². The van der Waals surface area contributed by atoms with Gasteiger partial charge in [-0.05, 0) is 54.3 Å². The van der Waals surface area contributed by atoms with E-state index < -0.39 is 0 Å². The Balaban J connectivity index is 2.47. The van der Waals surface area contributed by atoms with Crippen LogP contribution in [0.15, 0.2) is 24.3 Å². The van der Waals surface area contributed by atoms with Gasteiger partial charge in [-0.2, -0.15) is 0 Å². The number of nitrogens with one attached hydrogen (secondary N) is 2. The molecule has 0 heterocycles. The smallest absolute Gasteiger partial charge is 0.251 e. The van der Waals surface area contributed by atoms with Gasteiger partial charge in [0.1, 0.15) is 0 Å². The van der Waals surface area contributed by atoms with Crippen molar-refractivity contribution in [3.8, 4) is 0 Å². The zero-order valence-corrected chi connectivity index (χ0v) is 11.7. The van der Waals surface area contributed by atoms with Crippen LogP contribution in [0.4, 0.5) is 0 Å². The maximum Gasteiger partial charge on any atom is 0.251 e. The molecule has 0 radical (unpaired) electrons. The van der Waals surface area contributed by atoms with Crippen LogP contribution in [-0.2, 0) is 0 Å². The number of benzene rings is 1. The number of hydrogen-bond donors (Lipinski definition) is 2. The third kappa shape index (κ3) is 4.49. The molecule has 1 atom stereocenters. The Kier molecular flexibility index (Phi) is 5.76. The summed E-state index contributed by atoms with van der Waals surface area (Å²) in [7, 11) is 0. The summed E-state index contributed by atoms with van der Waals surface area (Å²) >= 11 is 2.20. The van der Waals surface area contributed by atoms with Crippen molar-refractivity contribution in [1.29, 1.82) is 0 Å². The Labute approximate surface area is 110 Å². The van der Waals surface area contributed by atoms with Gasteiger partial charge in [0.15, 0.2) is 0 Å². The quantitative estimate of drug-likeness (QED) is 0.810. The molecule has 1 amide bonds. The number of carbonyl (C=O) groups is 1. The molecule has 88 valence electrons. The van der Waals surface area contributed by atoms with E-state index in [0.717, 1.165) is 15.7 Å². The number of amides is 1. The van der Waals surface area contributed by atoms with Crippen LogP contribution in [0.2, 0.25) is 0 Å². The van der Waals surface area contributed by atoms with Crippen LogP contribution >= 0.6 is 22.6 Å². The van der Waals surface area contributed by atoms with Gasteiger partial charge in [-0.3, -0.25) is 4.79 Å². The van der Waals surface area contributed by atoms with E-state index in [1.165, 1.54) is 0 Å². The Morgan fingerprint density at radius 3 is 2.88 bits per heavy atom. The van der Waals surface area contributed by atoms with E-state index in [-0.39, 0.29) is 5.91 Å². The van der Waals surface area contributed by atoms with E-state index in [2.05, 4.69) is 47.1 Å². The summed E-state index contributed by atoms with van der Waals surface area (Å²) in [5.41, 5.74) is 0.718. The molecule has 0 aromatic heterocycles. The SMILES string of the molecule is CCN[C@H](C)CNC(=O)c1cccc(I)c1. The van der Waals surface area contributed by atoms with Gasteiger partial charge < -0.3 is 10.6 Å². The number of carbonyl (C=O) groups excluding carboxylic acids is 1. The molecule has 0 saturated carbocycles. The van der Waals surface area contributed by atoms with Crippen LogP contribution in [0.1, 0.15) is 24.2 Å². The molecule has 4 heteroatoms. The molecule has 0 unspecified atom stereocenters. The summed E-state index contributed by atoms with van der Waals surface area (Å²) in [6.45, 7) is 5.68. The van der Waals surface area contributed by atoms with Gasteiger partial charge in [0.05, 0.1) is 0 Å². The molecule has 0 spiro atoms. The van der Waals surface area contributed by atoms with Crippen molar-refractivity contribution in [3.63, 3.8) is 0 Å². The molecule has 16 heavy (non-hydrogen) atoms. The molecule has 0 fully saturated rings. The first-order valence-corrected chi connectivity index (χ1v) is 6.48. The molecule has 2 N–H and O–H groups in total. The number of halogens is 1. The first-order valence-electron chi connectivity index (χ1n) is 5.40. The normalized spacial score (nSPS) is 12.2. The first kappa shape index (κ1) is 13.4. The molecule has 0 aliphatic heterocycles. The van der Waals surface area contributed by atoms with E-state index in [0.29, 0.717) is 12.6 Å². The van der Waals surface area contributed by atoms with E-state index in [4.69, 9.17) is 0 Å². The predicted molar refractivity (Wildman–Crippen MR) is 74.6 cm³/mol. The van der Waals surface area contributed by atoms with Crippen molar-refractivity contribution in [3.05, 3.63) is 33.4 Å². The van der Waals surface area contributed by atoms with Crippen LogP contribution < -0.4 is 10.6 Å². The van der Waals surface area contributed by atoms with E-state index >= 15 is 0 Å². The highest BCUT2D eigenvalue weighted by Crippen LogP contribution is 2.07. The minimum absolute atomic E-state index is 0.0109. The van der Waals surface area contributed by atoms with Gasteiger partial charge in [0.25, 0.3) is 5.91 Å². The highest BCUT2D eigenvalue weighted by atomic mass is 127. The predicted octanol–water partition coefficient (Wildman–Crippen LogP) is 2.02. The van der Waals surface area contributed by atoms with Crippen LogP contribution in [-0.4, -0.2) is 25.0 Å². The maximum absolute atomic E-state index is 11.8. The monoisotopic (exact) mass is 332 g/mol. The highest BCUT2D eigenvalue weighted by Gasteiger charge is 2.06. The van der Waals surface area contributed by atoms with Crippen molar-refractivity contribution in [1.82, 2.24) is 10.6 Å². The molecule has 1 aromatic rings. The third-order valence-electron chi connectivity index (χ3n) is 2.21. The number of likely N-dealkylation sites (N-methyl/N-ethyl adjacent to an activating group) is 1. The van der Waals surface area contributed by atoms with Gasteiger partial charge in [-0.1, -0.05) is 13.0 Å². The fraction of sp³-hybridized carbons (Fsp3) is 0.417. The molecular formula is C12H17IN2O. The highest BCUT2D eigenvalue weighted by molar-refractivity contribution is 14.1. The minimum atomic E-state index is -0.0109. The van der Waals surface area contributed by atoms with Crippen LogP contribution in [0.3, 0.4) is 0 Å². The van der Waals surface area contributed by atoms with Crippen molar-refractivity contribution in [2.24, 2.45) is 0 Å². The maximum atomic E-state index is 11.8. The van der Waals surface area contributed by atoms with E-state index in [1.807, 2.05) is 24.3 Å². The first-order chi connectivity index (χ1) is 7.63. The lowest BCUT2D eigenvalue weighted by Gasteiger charge is -2.13. The Morgan fingerprint density at radius 2 is 2.25 bits per heavy atom. The van der Waals surface area contributed by atoms with Gasteiger partial charge in [-0.15, -0.1) is 0 Å². The number of hydrogen-bond acceptors (Lipinski definition) is 2. The Morgan fingerprint density at radius 1 is 1.50 bits per heavy atom. The standard InChI is InChI=1S/C12H17IN2O/c1-3-14-9(2)8-15-12(16)10-5-4-6-11(13)7-10/h4-7,9,14H,3,8H2,1-2H3,(H,15,16)/t9-/m1/s1. The fourth-order valence-corrected chi connectivity index (χ4v) is 1.94.